The van der Waals surface area contributed by atoms with Gasteiger partial charge in [-0.25, -0.2) is 0 Å². The van der Waals surface area contributed by atoms with E-state index in [0.717, 1.165) is 31.2 Å². The van der Waals surface area contributed by atoms with Crippen LogP contribution in [0.2, 0.25) is 0 Å². The van der Waals surface area contributed by atoms with Crippen LogP contribution < -0.4 is 15.4 Å². The Morgan fingerprint density at radius 3 is 2.52 bits per heavy atom. The first-order chi connectivity index (χ1) is 12.1. The Bertz CT molecular complexity index is 781. The third kappa shape index (κ3) is 3.69. The van der Waals surface area contributed by atoms with E-state index in [9.17, 15) is 9.59 Å². The van der Waals surface area contributed by atoms with Crippen LogP contribution in [0.3, 0.4) is 0 Å². The van der Waals surface area contributed by atoms with E-state index in [1.54, 1.807) is 31.4 Å². The number of fused-ring (bicyclic) bond motifs is 1. The van der Waals surface area contributed by atoms with Gasteiger partial charge in [0.1, 0.15) is 10.8 Å². The van der Waals surface area contributed by atoms with E-state index in [4.69, 9.17) is 4.74 Å². The van der Waals surface area contributed by atoms with Crippen LogP contribution in [0.15, 0.2) is 24.3 Å². The Kier molecular flexibility index (Phi) is 5.38. The first-order valence-corrected chi connectivity index (χ1v) is 9.33. The van der Waals surface area contributed by atoms with E-state index in [-0.39, 0.29) is 11.8 Å². The van der Waals surface area contributed by atoms with E-state index in [2.05, 4.69) is 10.6 Å². The van der Waals surface area contributed by atoms with Gasteiger partial charge in [0.25, 0.3) is 11.8 Å². The molecule has 0 radical (unpaired) electrons. The molecule has 1 aromatic heterocycles. The number of hydrogen-bond acceptors (Lipinski definition) is 4. The molecule has 2 aromatic rings. The Labute approximate surface area is 151 Å². The number of carbonyl (C=O) groups excluding carboxylic acids is 2. The summed E-state index contributed by atoms with van der Waals surface area (Å²) < 4.78 is 5.12. The van der Waals surface area contributed by atoms with Gasteiger partial charge in [0.15, 0.2) is 0 Å². The van der Waals surface area contributed by atoms with Crippen LogP contribution in [-0.4, -0.2) is 25.5 Å². The van der Waals surface area contributed by atoms with Crippen molar-refractivity contribution in [3.05, 3.63) is 45.8 Å². The summed E-state index contributed by atoms with van der Waals surface area (Å²) in [5.74, 6) is 0.380. The number of ether oxygens (including phenoxy) is 1. The van der Waals surface area contributed by atoms with Crippen LogP contribution >= 0.6 is 11.3 Å². The Morgan fingerprint density at radius 1 is 1.12 bits per heavy atom. The molecule has 25 heavy (non-hydrogen) atoms. The van der Waals surface area contributed by atoms with Crippen LogP contribution in [0.5, 0.6) is 5.75 Å². The Balaban J connectivity index is 1.89. The number of thiophene rings is 1. The summed E-state index contributed by atoms with van der Waals surface area (Å²) >= 11 is 1.53. The topological polar surface area (TPSA) is 67.4 Å². The third-order valence-corrected chi connectivity index (χ3v) is 5.52. The molecule has 0 spiro atoms. The van der Waals surface area contributed by atoms with Crippen molar-refractivity contribution in [2.75, 3.05) is 19.0 Å². The van der Waals surface area contributed by atoms with Gasteiger partial charge in [-0.1, -0.05) is 0 Å². The van der Waals surface area contributed by atoms with Crippen molar-refractivity contribution < 1.29 is 14.3 Å². The van der Waals surface area contributed by atoms with Crippen molar-refractivity contribution in [3.63, 3.8) is 0 Å². The van der Waals surface area contributed by atoms with E-state index in [0.29, 0.717) is 28.4 Å². The molecule has 0 saturated carbocycles. The minimum absolute atomic E-state index is 0.105. The third-order valence-electron chi connectivity index (χ3n) is 4.31. The normalized spacial score (nSPS) is 13.0. The van der Waals surface area contributed by atoms with E-state index in [1.165, 1.54) is 16.2 Å². The zero-order valence-electron chi connectivity index (χ0n) is 14.5. The van der Waals surface area contributed by atoms with Gasteiger partial charge in [-0.15, -0.1) is 11.3 Å². The number of rotatable bonds is 5. The molecule has 5 nitrogen and oxygen atoms in total. The van der Waals surface area contributed by atoms with Gasteiger partial charge in [-0.3, -0.25) is 9.59 Å². The highest BCUT2D eigenvalue weighted by molar-refractivity contribution is 7.17. The van der Waals surface area contributed by atoms with Gasteiger partial charge in [0.2, 0.25) is 0 Å². The molecule has 0 atom stereocenters. The fourth-order valence-corrected chi connectivity index (χ4v) is 4.34. The lowest BCUT2D eigenvalue weighted by molar-refractivity contribution is 0.0956. The number of amides is 2. The number of anilines is 1. The van der Waals surface area contributed by atoms with Gasteiger partial charge in [0, 0.05) is 17.0 Å². The Hall–Kier alpha value is -2.34. The highest BCUT2D eigenvalue weighted by Crippen LogP contribution is 2.38. The molecule has 2 amide bonds. The lowest BCUT2D eigenvalue weighted by Gasteiger charge is -2.12. The number of carbonyl (C=O) groups is 2. The van der Waals surface area contributed by atoms with Gasteiger partial charge >= 0.3 is 0 Å². The van der Waals surface area contributed by atoms with Gasteiger partial charge < -0.3 is 15.4 Å². The summed E-state index contributed by atoms with van der Waals surface area (Å²) in [5, 5.41) is 6.46. The van der Waals surface area contributed by atoms with Crippen molar-refractivity contribution in [2.45, 2.75) is 32.6 Å². The van der Waals surface area contributed by atoms with Gasteiger partial charge in [-0.05, 0) is 62.4 Å². The monoisotopic (exact) mass is 358 g/mol. The Morgan fingerprint density at radius 2 is 1.84 bits per heavy atom. The summed E-state index contributed by atoms with van der Waals surface area (Å²) in [4.78, 5) is 26.3. The van der Waals surface area contributed by atoms with Gasteiger partial charge in [0.05, 0.1) is 12.7 Å². The average molecular weight is 358 g/mol. The largest absolute Gasteiger partial charge is 0.497 e. The minimum Gasteiger partial charge on any atom is -0.497 e. The standard InChI is InChI=1S/C19H22N2O3S/c1-3-20-18(23)16-14-6-4-5-7-15(14)25-19(16)21-17(22)12-8-10-13(24-2)11-9-12/h8-11H,3-7H2,1-2H3,(H,20,23)(H,21,22). The second-order valence-corrected chi connectivity index (χ2v) is 7.06. The first kappa shape index (κ1) is 17.5. The predicted octanol–water partition coefficient (Wildman–Crippen LogP) is 3.64. The zero-order chi connectivity index (χ0) is 17.8. The molecule has 132 valence electrons. The highest BCUT2D eigenvalue weighted by atomic mass is 32.1. The van der Waals surface area contributed by atoms with Crippen molar-refractivity contribution in [1.82, 2.24) is 5.32 Å². The molecule has 1 aliphatic carbocycles. The molecule has 1 heterocycles. The number of methoxy groups -OCH3 is 1. The maximum absolute atomic E-state index is 12.6. The maximum atomic E-state index is 12.6. The second-order valence-electron chi connectivity index (χ2n) is 5.96. The molecule has 0 saturated heterocycles. The maximum Gasteiger partial charge on any atom is 0.256 e. The molecule has 3 rings (SSSR count). The molecule has 0 bridgehead atoms. The molecule has 6 heteroatoms. The smallest absolute Gasteiger partial charge is 0.256 e. The summed E-state index contributed by atoms with van der Waals surface area (Å²) in [6, 6.07) is 6.93. The number of nitrogens with one attached hydrogen (secondary N) is 2. The predicted molar refractivity (Wildman–Crippen MR) is 99.9 cm³/mol. The molecule has 0 aliphatic heterocycles. The van der Waals surface area contributed by atoms with Crippen LogP contribution in [0, 0.1) is 0 Å². The van der Waals surface area contributed by atoms with Crippen molar-refractivity contribution in [2.24, 2.45) is 0 Å². The van der Waals surface area contributed by atoms with Crippen molar-refractivity contribution in [1.29, 1.82) is 0 Å². The summed E-state index contributed by atoms with van der Waals surface area (Å²) in [5.41, 5.74) is 2.28. The number of aryl methyl sites for hydroxylation is 1. The SMILES string of the molecule is CCNC(=O)c1c(NC(=O)c2ccc(OC)cc2)sc2c1CCCC2. The van der Waals surface area contributed by atoms with E-state index >= 15 is 0 Å². The zero-order valence-corrected chi connectivity index (χ0v) is 15.3. The van der Waals surface area contributed by atoms with Crippen LogP contribution in [0.25, 0.3) is 0 Å². The summed E-state index contributed by atoms with van der Waals surface area (Å²) in [6.45, 7) is 2.46. The van der Waals surface area contributed by atoms with Gasteiger partial charge in [-0.2, -0.15) is 0 Å². The van der Waals surface area contributed by atoms with Crippen LogP contribution in [-0.2, 0) is 12.8 Å². The molecule has 0 fully saturated rings. The first-order valence-electron chi connectivity index (χ1n) is 8.52. The van der Waals surface area contributed by atoms with Crippen LogP contribution in [0.1, 0.15) is 50.9 Å². The lowest BCUT2D eigenvalue weighted by atomic mass is 9.95. The van der Waals surface area contributed by atoms with E-state index < -0.39 is 0 Å². The number of benzene rings is 1. The molecule has 1 aliphatic rings. The molecule has 0 unspecified atom stereocenters. The lowest BCUT2D eigenvalue weighted by Crippen LogP contribution is -2.25. The highest BCUT2D eigenvalue weighted by Gasteiger charge is 2.26. The minimum atomic E-state index is -0.216. The van der Waals surface area contributed by atoms with Crippen molar-refractivity contribution in [3.8, 4) is 5.75 Å². The number of hydrogen-bond donors (Lipinski definition) is 2. The average Bonchev–Trinajstić information content (AvgIpc) is 2.99. The quantitative estimate of drug-likeness (QED) is 0.857. The molecular formula is C19H22N2O3S. The summed E-state index contributed by atoms with van der Waals surface area (Å²) in [7, 11) is 1.59. The molecule has 2 N–H and O–H groups in total. The van der Waals surface area contributed by atoms with Crippen LogP contribution in [0.4, 0.5) is 5.00 Å². The fourth-order valence-electron chi connectivity index (χ4n) is 3.06. The summed E-state index contributed by atoms with van der Waals surface area (Å²) in [6.07, 6.45) is 4.09. The fraction of sp³-hybridized carbons (Fsp3) is 0.368. The second kappa shape index (κ2) is 7.70. The molecular weight excluding hydrogens is 336 g/mol. The van der Waals surface area contributed by atoms with E-state index in [1.807, 2.05) is 6.92 Å². The molecule has 1 aromatic carbocycles. The van der Waals surface area contributed by atoms with Crippen molar-refractivity contribution >= 4 is 28.2 Å².